The molecule has 0 unspecified atom stereocenters. The summed E-state index contributed by atoms with van der Waals surface area (Å²) in [5.41, 5.74) is 7.68. The molecule has 1 aliphatic heterocycles. The van der Waals surface area contributed by atoms with Gasteiger partial charge >= 0.3 is 0 Å². The van der Waals surface area contributed by atoms with Crippen LogP contribution in [0.3, 0.4) is 0 Å². The van der Waals surface area contributed by atoms with Gasteiger partial charge in [0.05, 0.1) is 5.52 Å². The Morgan fingerprint density at radius 1 is 0.972 bits per heavy atom. The summed E-state index contributed by atoms with van der Waals surface area (Å²) in [6.07, 6.45) is 5.78. The van der Waals surface area contributed by atoms with Crippen molar-refractivity contribution in [3.05, 3.63) is 65.9 Å². The molecule has 1 aromatic heterocycles. The molecule has 5 atom stereocenters. The summed E-state index contributed by atoms with van der Waals surface area (Å²) in [6.45, 7) is -0.0275. The number of aromatic nitrogens is 2. The zero-order chi connectivity index (χ0) is 24.8. The maximum atomic E-state index is 13.5. The van der Waals surface area contributed by atoms with Gasteiger partial charge in [-0.25, -0.2) is 0 Å². The molecule has 6 rings (SSSR count). The van der Waals surface area contributed by atoms with E-state index in [-0.39, 0.29) is 36.1 Å². The number of hydrogen-bond acceptors (Lipinski definition) is 4. The predicted molar refractivity (Wildman–Crippen MR) is 135 cm³/mol. The normalized spacial score (nSPS) is 27.0. The maximum Gasteiger partial charge on any atom is 0.269 e. The Morgan fingerprint density at radius 3 is 2.56 bits per heavy atom. The van der Waals surface area contributed by atoms with Crippen LogP contribution in [0.5, 0.6) is 0 Å². The number of amides is 3. The average molecular weight is 486 g/mol. The van der Waals surface area contributed by atoms with Gasteiger partial charge in [0.15, 0.2) is 5.69 Å². The minimum absolute atomic E-state index is 0.0275. The van der Waals surface area contributed by atoms with E-state index in [4.69, 9.17) is 5.73 Å². The van der Waals surface area contributed by atoms with Crippen LogP contribution in [-0.2, 0) is 16.1 Å². The molecule has 36 heavy (non-hydrogen) atoms. The molecule has 3 amide bonds. The van der Waals surface area contributed by atoms with Gasteiger partial charge in [0, 0.05) is 17.5 Å². The van der Waals surface area contributed by atoms with Gasteiger partial charge in [-0.1, -0.05) is 55.0 Å². The van der Waals surface area contributed by atoms with Crippen molar-refractivity contribution in [1.82, 2.24) is 20.0 Å². The molecule has 3 aliphatic rings. The molecule has 8 heteroatoms. The molecule has 2 heterocycles. The largest absolute Gasteiger partial charge is 0.364 e. The molecule has 0 radical (unpaired) electrons. The molecule has 2 saturated carbocycles. The summed E-state index contributed by atoms with van der Waals surface area (Å²) >= 11 is 0. The highest BCUT2D eigenvalue weighted by atomic mass is 16.2. The van der Waals surface area contributed by atoms with Gasteiger partial charge in [-0.15, -0.1) is 0 Å². The molecule has 0 bridgehead atoms. The molecule has 8 nitrogen and oxygen atoms in total. The lowest BCUT2D eigenvalue weighted by atomic mass is 9.81. The SMILES string of the molecule is NC(=O)c1nn(CC(=O)N2[C@@H]3C[C@@H]3C[C@H]2C(=O)N[C@H]2CCC[C@@H](c3ccccc3)C2)c2ccccc12. The maximum absolute atomic E-state index is 13.5. The van der Waals surface area contributed by atoms with Crippen molar-refractivity contribution in [3.63, 3.8) is 0 Å². The van der Waals surface area contributed by atoms with E-state index in [2.05, 4.69) is 34.7 Å². The Balaban J connectivity index is 1.16. The van der Waals surface area contributed by atoms with E-state index in [1.54, 1.807) is 11.0 Å². The predicted octanol–water partition coefficient (Wildman–Crippen LogP) is 2.97. The van der Waals surface area contributed by atoms with Crippen molar-refractivity contribution < 1.29 is 14.4 Å². The molecule has 0 spiro atoms. The van der Waals surface area contributed by atoms with E-state index in [0.29, 0.717) is 29.2 Å². The second-order valence-corrected chi connectivity index (χ2v) is 10.5. The zero-order valence-corrected chi connectivity index (χ0v) is 20.2. The first-order chi connectivity index (χ1) is 17.5. The highest BCUT2D eigenvalue weighted by Crippen LogP contribution is 2.48. The number of benzene rings is 2. The number of fused-ring (bicyclic) bond motifs is 2. The number of rotatable bonds is 6. The first-order valence-electron chi connectivity index (χ1n) is 12.9. The highest BCUT2D eigenvalue weighted by Gasteiger charge is 2.56. The van der Waals surface area contributed by atoms with Gasteiger partial charge in [0.25, 0.3) is 5.91 Å². The number of para-hydroxylation sites is 1. The topological polar surface area (TPSA) is 110 Å². The molecular weight excluding hydrogens is 454 g/mol. The average Bonchev–Trinajstić information content (AvgIpc) is 3.39. The first-order valence-corrected chi connectivity index (χ1v) is 12.9. The monoisotopic (exact) mass is 485 g/mol. The molecule has 3 aromatic rings. The number of nitrogens with two attached hydrogens (primary N) is 1. The summed E-state index contributed by atoms with van der Waals surface area (Å²) in [5, 5.41) is 8.24. The van der Waals surface area contributed by atoms with Crippen LogP contribution < -0.4 is 11.1 Å². The Morgan fingerprint density at radius 2 is 1.75 bits per heavy atom. The van der Waals surface area contributed by atoms with Crippen molar-refractivity contribution >= 4 is 28.6 Å². The number of nitrogens with one attached hydrogen (secondary N) is 1. The quantitative estimate of drug-likeness (QED) is 0.559. The molecule has 2 aromatic carbocycles. The summed E-state index contributed by atoms with van der Waals surface area (Å²) in [7, 11) is 0. The number of hydrogen-bond donors (Lipinski definition) is 2. The fourth-order valence-corrected chi connectivity index (χ4v) is 6.34. The molecule has 2 aliphatic carbocycles. The Labute approximate surface area is 209 Å². The smallest absolute Gasteiger partial charge is 0.269 e. The Kier molecular flexibility index (Phi) is 5.74. The number of primary amides is 1. The summed E-state index contributed by atoms with van der Waals surface area (Å²) in [4.78, 5) is 40.5. The van der Waals surface area contributed by atoms with E-state index < -0.39 is 11.9 Å². The van der Waals surface area contributed by atoms with E-state index in [0.717, 1.165) is 32.1 Å². The van der Waals surface area contributed by atoms with Crippen molar-refractivity contribution in [3.8, 4) is 0 Å². The van der Waals surface area contributed by atoms with Gasteiger partial charge in [0.2, 0.25) is 11.8 Å². The van der Waals surface area contributed by atoms with Gasteiger partial charge in [0.1, 0.15) is 12.6 Å². The molecule has 186 valence electrons. The van der Waals surface area contributed by atoms with Gasteiger partial charge in [-0.3, -0.25) is 19.1 Å². The van der Waals surface area contributed by atoms with Crippen molar-refractivity contribution in [2.45, 2.75) is 69.1 Å². The van der Waals surface area contributed by atoms with Crippen molar-refractivity contribution in [1.29, 1.82) is 0 Å². The van der Waals surface area contributed by atoms with Crippen LogP contribution in [0.1, 0.15) is 60.5 Å². The van der Waals surface area contributed by atoms with Crippen LogP contribution in [0.4, 0.5) is 0 Å². The lowest BCUT2D eigenvalue weighted by Crippen LogP contribution is -2.51. The highest BCUT2D eigenvalue weighted by molar-refractivity contribution is 6.04. The minimum atomic E-state index is -0.626. The Hall–Kier alpha value is -3.68. The van der Waals surface area contributed by atoms with Crippen LogP contribution in [0.15, 0.2) is 54.6 Å². The summed E-state index contributed by atoms with van der Waals surface area (Å²) in [5.74, 6) is 0.0307. The van der Waals surface area contributed by atoms with Crippen LogP contribution >= 0.6 is 0 Å². The van der Waals surface area contributed by atoms with Crippen LogP contribution in [0.2, 0.25) is 0 Å². The van der Waals surface area contributed by atoms with E-state index in [9.17, 15) is 14.4 Å². The van der Waals surface area contributed by atoms with Crippen LogP contribution in [-0.4, -0.2) is 50.5 Å². The lowest BCUT2D eigenvalue weighted by molar-refractivity contribution is -0.140. The number of carbonyl (C=O) groups excluding carboxylic acids is 3. The number of nitrogens with zero attached hydrogens (tertiary/aromatic N) is 3. The van der Waals surface area contributed by atoms with E-state index >= 15 is 0 Å². The van der Waals surface area contributed by atoms with Gasteiger partial charge < -0.3 is 16.0 Å². The molecule has 1 saturated heterocycles. The van der Waals surface area contributed by atoms with Crippen molar-refractivity contribution in [2.75, 3.05) is 0 Å². The third-order valence-corrected chi connectivity index (χ3v) is 8.16. The number of carbonyl (C=O) groups is 3. The third kappa shape index (κ3) is 4.14. The third-order valence-electron chi connectivity index (χ3n) is 8.16. The minimum Gasteiger partial charge on any atom is -0.364 e. The first kappa shape index (κ1) is 22.8. The lowest BCUT2D eigenvalue weighted by Gasteiger charge is -2.33. The fraction of sp³-hybridized carbons (Fsp3) is 0.429. The van der Waals surface area contributed by atoms with Crippen molar-refractivity contribution in [2.24, 2.45) is 11.7 Å². The van der Waals surface area contributed by atoms with E-state index in [1.165, 1.54) is 10.2 Å². The molecule has 3 fully saturated rings. The van der Waals surface area contributed by atoms with Crippen LogP contribution in [0.25, 0.3) is 10.9 Å². The summed E-state index contributed by atoms with van der Waals surface area (Å²) in [6, 6.07) is 17.6. The number of likely N-dealkylation sites (tertiary alicyclic amines) is 1. The number of piperidine rings is 1. The molecular formula is C28H31N5O3. The summed E-state index contributed by atoms with van der Waals surface area (Å²) < 4.78 is 1.54. The Bertz CT molecular complexity index is 1320. The second-order valence-electron chi connectivity index (χ2n) is 10.5. The van der Waals surface area contributed by atoms with Gasteiger partial charge in [-0.05, 0) is 55.6 Å². The standard InChI is InChI=1S/C28H31N5O3/c29-27(35)26-21-11-4-5-12-22(21)32(31-26)16-25(34)33-23-14-19(23)15-24(33)28(36)30-20-10-6-9-18(13-20)17-7-2-1-3-8-17/h1-5,7-8,11-12,18-20,23-24H,6,9-10,13-16H2,(H2,29,35)(H,30,36)/t18-,19-,20+,23-,24+/m1/s1. The van der Waals surface area contributed by atoms with E-state index in [1.807, 2.05) is 24.3 Å². The van der Waals surface area contributed by atoms with Crippen LogP contribution in [0, 0.1) is 5.92 Å². The van der Waals surface area contributed by atoms with Gasteiger partial charge in [-0.2, -0.15) is 5.10 Å². The zero-order valence-electron chi connectivity index (χ0n) is 20.2. The molecule has 3 N–H and O–H groups in total. The fourth-order valence-electron chi connectivity index (χ4n) is 6.34. The second kappa shape index (κ2) is 9.08.